The molecule has 0 aliphatic heterocycles. The quantitative estimate of drug-likeness (QED) is 0.808. The van der Waals surface area contributed by atoms with Gasteiger partial charge in [-0.2, -0.15) is 0 Å². The number of pyridine rings is 1. The lowest BCUT2D eigenvalue weighted by molar-refractivity contribution is 0.0846. The molecule has 2 aromatic rings. The van der Waals surface area contributed by atoms with Crippen molar-refractivity contribution in [3.8, 4) is 11.5 Å². The minimum absolute atomic E-state index is 0.215. The number of halogens is 1. The van der Waals surface area contributed by atoms with E-state index in [1.54, 1.807) is 18.3 Å². The highest BCUT2D eigenvalue weighted by atomic mass is 35.5. The largest absolute Gasteiger partial charge is 0.493 e. The number of amides is 2. The predicted octanol–water partition coefficient (Wildman–Crippen LogP) is 2.22. The Morgan fingerprint density at radius 3 is 2.50 bits per heavy atom. The Morgan fingerprint density at radius 1 is 1.21 bits per heavy atom. The van der Waals surface area contributed by atoms with Crippen molar-refractivity contribution >= 4 is 23.4 Å². The number of hydrogen-bond donors (Lipinski definition) is 2. The molecule has 0 saturated heterocycles. The van der Waals surface area contributed by atoms with Gasteiger partial charge < -0.3 is 9.47 Å². The van der Waals surface area contributed by atoms with Gasteiger partial charge in [-0.15, -0.1) is 0 Å². The lowest BCUT2D eigenvalue weighted by Gasteiger charge is -2.13. The number of nitrogens with zero attached hydrogens (tertiary/aromatic N) is 1. The maximum absolute atomic E-state index is 12.2. The van der Waals surface area contributed by atoms with Crippen LogP contribution in [0.5, 0.6) is 11.5 Å². The molecule has 0 spiro atoms. The topological polar surface area (TPSA) is 89.6 Å². The molecular weight excluding hydrogens is 334 g/mol. The number of carbonyl (C=O) groups is 2. The molecule has 0 atom stereocenters. The van der Waals surface area contributed by atoms with Crippen molar-refractivity contribution < 1.29 is 19.1 Å². The van der Waals surface area contributed by atoms with Crippen LogP contribution in [0.1, 0.15) is 27.6 Å². The molecule has 0 aliphatic carbocycles. The Labute approximate surface area is 143 Å². The SMILES string of the molecule is CCOc1c(Cl)cc(C(=O)NNC(=O)c2cccnc2)cc1OC. The first-order valence-electron chi connectivity index (χ1n) is 7.07. The number of hydrazine groups is 1. The summed E-state index contributed by atoms with van der Waals surface area (Å²) < 4.78 is 10.6. The summed E-state index contributed by atoms with van der Waals surface area (Å²) >= 11 is 6.11. The number of benzene rings is 1. The van der Waals surface area contributed by atoms with Gasteiger partial charge in [0.1, 0.15) is 0 Å². The fourth-order valence-corrected chi connectivity index (χ4v) is 2.16. The average Bonchev–Trinajstić information content (AvgIpc) is 2.61. The Balaban J connectivity index is 2.10. The number of methoxy groups -OCH3 is 1. The standard InChI is InChI=1S/C16H16ClN3O4/c1-3-24-14-12(17)7-11(8-13(14)23-2)16(22)20-19-15(21)10-5-4-6-18-9-10/h4-9H,3H2,1-2H3,(H,19,21)(H,20,22). The summed E-state index contributed by atoms with van der Waals surface area (Å²) in [4.78, 5) is 27.9. The van der Waals surface area contributed by atoms with Crippen molar-refractivity contribution in [2.75, 3.05) is 13.7 Å². The molecule has 8 heteroatoms. The Kier molecular flexibility index (Phi) is 5.97. The van der Waals surface area contributed by atoms with E-state index in [4.69, 9.17) is 21.1 Å². The van der Waals surface area contributed by atoms with Crippen LogP contribution in [0.25, 0.3) is 0 Å². The molecule has 2 rings (SSSR count). The van der Waals surface area contributed by atoms with Crippen LogP contribution in [-0.2, 0) is 0 Å². The minimum Gasteiger partial charge on any atom is -0.493 e. The summed E-state index contributed by atoms with van der Waals surface area (Å²) in [5.41, 5.74) is 5.14. The summed E-state index contributed by atoms with van der Waals surface area (Å²) in [6.07, 6.45) is 2.93. The molecule has 7 nitrogen and oxygen atoms in total. The Bertz CT molecular complexity index is 738. The van der Waals surface area contributed by atoms with Crippen molar-refractivity contribution in [2.24, 2.45) is 0 Å². The molecule has 2 N–H and O–H groups in total. The third-order valence-corrected chi connectivity index (χ3v) is 3.27. The van der Waals surface area contributed by atoms with Crippen LogP contribution in [0.4, 0.5) is 0 Å². The lowest BCUT2D eigenvalue weighted by Crippen LogP contribution is -2.41. The monoisotopic (exact) mass is 349 g/mol. The molecule has 0 unspecified atom stereocenters. The van der Waals surface area contributed by atoms with Gasteiger partial charge in [0.2, 0.25) is 0 Å². The van der Waals surface area contributed by atoms with E-state index in [-0.39, 0.29) is 10.6 Å². The molecule has 24 heavy (non-hydrogen) atoms. The molecule has 1 heterocycles. The first kappa shape index (κ1) is 17.6. The zero-order chi connectivity index (χ0) is 17.5. The van der Waals surface area contributed by atoms with Crippen molar-refractivity contribution in [2.45, 2.75) is 6.92 Å². The summed E-state index contributed by atoms with van der Waals surface area (Å²) in [7, 11) is 1.44. The summed E-state index contributed by atoms with van der Waals surface area (Å²) in [6.45, 7) is 2.22. The van der Waals surface area contributed by atoms with E-state index >= 15 is 0 Å². The van der Waals surface area contributed by atoms with E-state index in [0.29, 0.717) is 23.7 Å². The summed E-state index contributed by atoms with van der Waals surface area (Å²) in [6, 6.07) is 6.10. The van der Waals surface area contributed by atoms with Gasteiger partial charge in [0.15, 0.2) is 11.5 Å². The van der Waals surface area contributed by atoms with Crippen LogP contribution in [-0.4, -0.2) is 30.5 Å². The third-order valence-electron chi connectivity index (χ3n) is 2.99. The number of hydrogen-bond acceptors (Lipinski definition) is 5. The highest BCUT2D eigenvalue weighted by molar-refractivity contribution is 6.32. The highest BCUT2D eigenvalue weighted by Crippen LogP contribution is 2.36. The van der Waals surface area contributed by atoms with Gasteiger partial charge in [-0.05, 0) is 31.2 Å². The lowest BCUT2D eigenvalue weighted by atomic mass is 10.2. The van der Waals surface area contributed by atoms with Crippen molar-refractivity contribution in [3.05, 3.63) is 52.8 Å². The molecule has 0 saturated carbocycles. The van der Waals surface area contributed by atoms with Gasteiger partial charge in [-0.3, -0.25) is 25.4 Å². The van der Waals surface area contributed by atoms with Gasteiger partial charge in [0, 0.05) is 18.0 Å². The zero-order valence-corrected chi connectivity index (χ0v) is 13.9. The fraction of sp³-hybridized carbons (Fsp3) is 0.188. The second-order valence-corrected chi connectivity index (χ2v) is 4.98. The Morgan fingerprint density at radius 2 is 1.92 bits per heavy atom. The number of rotatable bonds is 5. The van der Waals surface area contributed by atoms with Crippen molar-refractivity contribution in [1.82, 2.24) is 15.8 Å². The van der Waals surface area contributed by atoms with E-state index < -0.39 is 11.8 Å². The molecule has 0 radical (unpaired) electrons. The number of carbonyl (C=O) groups excluding carboxylic acids is 2. The molecule has 1 aromatic carbocycles. The van der Waals surface area contributed by atoms with Crippen LogP contribution >= 0.6 is 11.6 Å². The van der Waals surface area contributed by atoms with Crippen molar-refractivity contribution in [1.29, 1.82) is 0 Å². The van der Waals surface area contributed by atoms with E-state index in [2.05, 4.69) is 15.8 Å². The first-order chi connectivity index (χ1) is 11.6. The second kappa shape index (κ2) is 8.16. The highest BCUT2D eigenvalue weighted by Gasteiger charge is 2.16. The fourth-order valence-electron chi connectivity index (χ4n) is 1.89. The molecule has 1 aromatic heterocycles. The zero-order valence-electron chi connectivity index (χ0n) is 13.1. The van der Waals surface area contributed by atoms with Crippen LogP contribution < -0.4 is 20.3 Å². The summed E-state index contributed by atoms with van der Waals surface area (Å²) in [5, 5.41) is 0.236. The summed E-state index contributed by atoms with van der Waals surface area (Å²) in [5.74, 6) is -0.346. The van der Waals surface area contributed by atoms with E-state index in [1.165, 1.54) is 25.4 Å². The van der Waals surface area contributed by atoms with Crippen molar-refractivity contribution in [3.63, 3.8) is 0 Å². The smallest absolute Gasteiger partial charge is 0.271 e. The van der Waals surface area contributed by atoms with Gasteiger partial charge >= 0.3 is 0 Å². The molecule has 2 amide bonds. The van der Waals surface area contributed by atoms with Crippen LogP contribution in [0.15, 0.2) is 36.7 Å². The second-order valence-electron chi connectivity index (χ2n) is 4.57. The first-order valence-corrected chi connectivity index (χ1v) is 7.45. The van der Waals surface area contributed by atoms with E-state index in [0.717, 1.165) is 0 Å². The average molecular weight is 350 g/mol. The molecular formula is C16H16ClN3O4. The predicted molar refractivity (Wildman–Crippen MR) is 88.3 cm³/mol. The maximum Gasteiger partial charge on any atom is 0.271 e. The molecule has 126 valence electrons. The van der Waals surface area contributed by atoms with Gasteiger partial charge in [0.25, 0.3) is 11.8 Å². The van der Waals surface area contributed by atoms with Gasteiger partial charge in [0.05, 0.1) is 24.3 Å². The van der Waals surface area contributed by atoms with E-state index in [9.17, 15) is 9.59 Å². The minimum atomic E-state index is -0.546. The van der Waals surface area contributed by atoms with Gasteiger partial charge in [-0.1, -0.05) is 11.6 Å². The Hall–Kier alpha value is -2.80. The van der Waals surface area contributed by atoms with E-state index in [1.807, 2.05) is 6.92 Å². The molecule has 0 fully saturated rings. The van der Waals surface area contributed by atoms with Gasteiger partial charge in [-0.25, -0.2) is 0 Å². The molecule has 0 bridgehead atoms. The maximum atomic E-state index is 12.2. The molecule has 0 aliphatic rings. The van der Waals surface area contributed by atoms with Crippen LogP contribution in [0.3, 0.4) is 0 Å². The number of nitrogens with one attached hydrogen (secondary N) is 2. The van der Waals surface area contributed by atoms with Crippen LogP contribution in [0.2, 0.25) is 5.02 Å². The normalized spacial score (nSPS) is 9.96. The third kappa shape index (κ3) is 4.14. The number of ether oxygens (including phenoxy) is 2. The number of aromatic nitrogens is 1. The van der Waals surface area contributed by atoms with Crippen LogP contribution in [0, 0.1) is 0 Å².